The van der Waals surface area contributed by atoms with E-state index in [1.54, 1.807) is 0 Å². The van der Waals surface area contributed by atoms with Crippen LogP contribution in [-0.2, 0) is 0 Å². The van der Waals surface area contributed by atoms with Crippen molar-refractivity contribution in [2.45, 2.75) is 12.1 Å². The molecule has 3 aromatic rings. The third-order valence-electron chi connectivity index (χ3n) is 4.24. The van der Waals surface area contributed by atoms with Crippen LogP contribution in [0.3, 0.4) is 0 Å². The Labute approximate surface area is 154 Å². The van der Waals surface area contributed by atoms with Gasteiger partial charge < -0.3 is 11.1 Å². The maximum Gasteiger partial charge on any atom is 0.251 e. The molecule has 6 heteroatoms. The normalized spacial score (nSPS) is 13.0. The Morgan fingerprint density at radius 1 is 0.704 bits per heavy atom. The maximum atomic E-state index is 13.3. The van der Waals surface area contributed by atoms with E-state index in [1.807, 2.05) is 0 Å². The molecule has 3 aromatic carbocycles. The molecule has 2 atom stereocenters. The van der Waals surface area contributed by atoms with E-state index >= 15 is 0 Å². The van der Waals surface area contributed by atoms with Crippen LogP contribution in [-0.4, -0.2) is 5.91 Å². The van der Waals surface area contributed by atoms with Crippen LogP contribution in [0.4, 0.5) is 13.2 Å². The number of hydrogen-bond acceptors (Lipinski definition) is 2. The molecule has 3 nitrogen and oxygen atoms in total. The van der Waals surface area contributed by atoms with Crippen molar-refractivity contribution in [1.29, 1.82) is 0 Å². The van der Waals surface area contributed by atoms with Crippen molar-refractivity contribution in [3.8, 4) is 0 Å². The van der Waals surface area contributed by atoms with Crippen LogP contribution in [0.25, 0.3) is 0 Å². The van der Waals surface area contributed by atoms with Gasteiger partial charge in [0.15, 0.2) is 0 Å². The van der Waals surface area contributed by atoms with E-state index in [-0.39, 0.29) is 5.56 Å². The Bertz CT molecular complexity index is 910. The highest BCUT2D eigenvalue weighted by Crippen LogP contribution is 2.28. The van der Waals surface area contributed by atoms with E-state index in [9.17, 15) is 18.0 Å². The fraction of sp³-hybridized carbons (Fsp3) is 0.0952. The smallest absolute Gasteiger partial charge is 0.251 e. The first-order valence-corrected chi connectivity index (χ1v) is 8.27. The van der Waals surface area contributed by atoms with Gasteiger partial charge in [0.2, 0.25) is 0 Å². The number of benzene rings is 3. The third-order valence-corrected chi connectivity index (χ3v) is 4.24. The number of carbonyl (C=O) groups is 1. The molecule has 0 saturated heterocycles. The largest absolute Gasteiger partial charge is 0.343 e. The SMILES string of the molecule is N[C@@H](c1ccc(F)cc1)[C@H](NC(=O)c1ccc(F)cc1)c1ccc(F)cc1. The Morgan fingerprint density at radius 3 is 1.59 bits per heavy atom. The van der Waals surface area contributed by atoms with E-state index in [2.05, 4.69) is 5.32 Å². The second kappa shape index (κ2) is 8.05. The van der Waals surface area contributed by atoms with Crippen LogP contribution in [0, 0.1) is 17.5 Å². The molecule has 0 spiro atoms. The highest BCUT2D eigenvalue weighted by molar-refractivity contribution is 5.94. The summed E-state index contributed by atoms with van der Waals surface area (Å²) in [5, 5.41) is 2.80. The standard InChI is InChI=1S/C21H17F3N2O/c22-16-7-1-13(2-8-16)19(25)20(14-3-9-17(23)10-4-14)26-21(27)15-5-11-18(24)12-6-15/h1-12,19-20H,25H2,(H,26,27)/t19-,20+/m0/s1. The summed E-state index contributed by atoms with van der Waals surface area (Å²) in [5.74, 6) is -1.73. The summed E-state index contributed by atoms with van der Waals surface area (Å²) < 4.78 is 39.6. The molecule has 0 saturated carbocycles. The zero-order chi connectivity index (χ0) is 19.4. The van der Waals surface area contributed by atoms with Gasteiger partial charge in [-0.05, 0) is 59.7 Å². The minimum absolute atomic E-state index is 0.259. The van der Waals surface area contributed by atoms with Crippen LogP contribution >= 0.6 is 0 Å². The Morgan fingerprint density at radius 2 is 1.11 bits per heavy atom. The predicted octanol–water partition coefficient (Wildman–Crippen LogP) is 4.28. The zero-order valence-electron chi connectivity index (χ0n) is 14.2. The van der Waals surface area contributed by atoms with Crippen molar-refractivity contribution >= 4 is 5.91 Å². The molecule has 138 valence electrons. The fourth-order valence-electron chi connectivity index (χ4n) is 2.75. The lowest BCUT2D eigenvalue weighted by Crippen LogP contribution is -2.36. The van der Waals surface area contributed by atoms with Crippen molar-refractivity contribution in [3.63, 3.8) is 0 Å². The molecule has 0 heterocycles. The number of amides is 1. The molecule has 27 heavy (non-hydrogen) atoms. The van der Waals surface area contributed by atoms with Gasteiger partial charge in [-0.3, -0.25) is 4.79 Å². The molecule has 0 aliphatic rings. The molecule has 0 bridgehead atoms. The van der Waals surface area contributed by atoms with Crippen LogP contribution in [0.15, 0.2) is 72.8 Å². The first-order valence-electron chi connectivity index (χ1n) is 8.27. The molecule has 0 aliphatic carbocycles. The minimum atomic E-state index is -0.708. The van der Waals surface area contributed by atoms with Gasteiger partial charge in [-0.25, -0.2) is 13.2 Å². The average molecular weight is 370 g/mol. The number of carbonyl (C=O) groups excluding carboxylic acids is 1. The quantitative estimate of drug-likeness (QED) is 0.705. The zero-order valence-corrected chi connectivity index (χ0v) is 14.2. The van der Waals surface area contributed by atoms with Gasteiger partial charge in [-0.2, -0.15) is 0 Å². The molecular formula is C21H17F3N2O. The summed E-state index contributed by atoms with van der Waals surface area (Å²) in [5.41, 5.74) is 7.77. The second-order valence-electron chi connectivity index (χ2n) is 6.09. The summed E-state index contributed by atoms with van der Waals surface area (Å²) in [4.78, 5) is 12.6. The van der Waals surface area contributed by atoms with Crippen molar-refractivity contribution in [2.75, 3.05) is 0 Å². The summed E-state index contributed by atoms with van der Waals surface area (Å²) in [6.45, 7) is 0. The van der Waals surface area contributed by atoms with Crippen LogP contribution in [0.2, 0.25) is 0 Å². The molecule has 0 aromatic heterocycles. The molecule has 3 rings (SSSR count). The molecule has 3 N–H and O–H groups in total. The van der Waals surface area contributed by atoms with E-state index in [0.29, 0.717) is 11.1 Å². The van der Waals surface area contributed by atoms with E-state index in [0.717, 1.165) is 0 Å². The van der Waals surface area contributed by atoms with E-state index in [4.69, 9.17) is 5.73 Å². The Balaban J connectivity index is 1.91. The molecule has 0 aliphatic heterocycles. The number of rotatable bonds is 5. The van der Waals surface area contributed by atoms with Gasteiger partial charge in [0, 0.05) is 5.56 Å². The second-order valence-corrected chi connectivity index (χ2v) is 6.09. The van der Waals surface area contributed by atoms with E-state index in [1.165, 1.54) is 72.8 Å². The number of nitrogens with two attached hydrogens (primary N) is 1. The molecular weight excluding hydrogens is 353 g/mol. The number of halogens is 3. The first-order chi connectivity index (χ1) is 12.9. The third kappa shape index (κ3) is 4.54. The lowest BCUT2D eigenvalue weighted by molar-refractivity contribution is 0.0930. The van der Waals surface area contributed by atoms with Gasteiger partial charge >= 0.3 is 0 Å². The van der Waals surface area contributed by atoms with Crippen molar-refractivity contribution < 1.29 is 18.0 Å². The Kier molecular flexibility index (Phi) is 5.57. The Hall–Kier alpha value is -3.12. The number of hydrogen-bond donors (Lipinski definition) is 2. The van der Waals surface area contributed by atoms with Gasteiger partial charge in [-0.1, -0.05) is 24.3 Å². The van der Waals surface area contributed by atoms with Gasteiger partial charge in [-0.15, -0.1) is 0 Å². The summed E-state index contributed by atoms with van der Waals surface area (Å²) in [6, 6.07) is 14.9. The molecule has 0 fully saturated rings. The van der Waals surface area contributed by atoms with Crippen LogP contribution in [0.1, 0.15) is 33.6 Å². The summed E-state index contributed by atoms with van der Waals surface area (Å²) >= 11 is 0. The van der Waals surface area contributed by atoms with Crippen LogP contribution < -0.4 is 11.1 Å². The molecule has 0 radical (unpaired) electrons. The fourth-order valence-corrected chi connectivity index (χ4v) is 2.75. The molecule has 1 amide bonds. The maximum absolute atomic E-state index is 13.3. The van der Waals surface area contributed by atoms with E-state index < -0.39 is 35.4 Å². The predicted molar refractivity (Wildman–Crippen MR) is 96.3 cm³/mol. The van der Waals surface area contributed by atoms with Crippen molar-refractivity contribution in [1.82, 2.24) is 5.32 Å². The average Bonchev–Trinajstić information content (AvgIpc) is 2.67. The topological polar surface area (TPSA) is 55.1 Å². The highest BCUT2D eigenvalue weighted by atomic mass is 19.1. The van der Waals surface area contributed by atoms with Crippen LogP contribution in [0.5, 0.6) is 0 Å². The highest BCUT2D eigenvalue weighted by Gasteiger charge is 2.24. The monoisotopic (exact) mass is 370 g/mol. The van der Waals surface area contributed by atoms with Crippen molar-refractivity contribution in [3.05, 3.63) is 107 Å². The minimum Gasteiger partial charge on any atom is -0.343 e. The van der Waals surface area contributed by atoms with Gasteiger partial charge in [0.25, 0.3) is 5.91 Å². The summed E-state index contributed by atoms with van der Waals surface area (Å²) in [6.07, 6.45) is 0. The van der Waals surface area contributed by atoms with Gasteiger partial charge in [0.1, 0.15) is 17.5 Å². The molecule has 0 unspecified atom stereocenters. The van der Waals surface area contributed by atoms with Crippen molar-refractivity contribution in [2.24, 2.45) is 5.73 Å². The lowest BCUT2D eigenvalue weighted by Gasteiger charge is -2.26. The number of nitrogens with one attached hydrogen (secondary N) is 1. The summed E-state index contributed by atoms with van der Waals surface area (Å²) in [7, 11) is 0. The lowest BCUT2D eigenvalue weighted by atomic mass is 9.93. The van der Waals surface area contributed by atoms with Gasteiger partial charge in [0.05, 0.1) is 12.1 Å². The first kappa shape index (κ1) is 18.7.